The van der Waals surface area contributed by atoms with Gasteiger partial charge in [0.25, 0.3) is 0 Å². The zero-order chi connectivity index (χ0) is 12.7. The van der Waals surface area contributed by atoms with E-state index in [0.29, 0.717) is 18.7 Å². The molecule has 1 aromatic rings. The third-order valence-electron chi connectivity index (χ3n) is 2.21. The fourth-order valence-electron chi connectivity index (χ4n) is 1.33. The SMILES string of the molecule is CNc1ccc(NS(=O)(=O)CCCOC)cc1. The highest BCUT2D eigenvalue weighted by atomic mass is 32.2. The molecule has 0 aliphatic rings. The Morgan fingerprint density at radius 2 is 1.76 bits per heavy atom. The number of hydrogen-bond donors (Lipinski definition) is 2. The van der Waals surface area contributed by atoms with Crippen molar-refractivity contribution in [3.8, 4) is 0 Å². The summed E-state index contributed by atoms with van der Waals surface area (Å²) in [6.07, 6.45) is 0.487. The molecule has 0 aliphatic heterocycles. The molecule has 0 heterocycles. The Labute approximate surface area is 102 Å². The van der Waals surface area contributed by atoms with Crippen LogP contribution in [-0.4, -0.2) is 34.9 Å². The molecule has 96 valence electrons. The topological polar surface area (TPSA) is 67.4 Å². The summed E-state index contributed by atoms with van der Waals surface area (Å²) in [5.41, 5.74) is 1.51. The number of methoxy groups -OCH3 is 1. The molecule has 0 amide bonds. The lowest BCUT2D eigenvalue weighted by Crippen LogP contribution is -2.17. The summed E-state index contributed by atoms with van der Waals surface area (Å²) in [7, 11) is 0.0847. The average molecular weight is 258 g/mol. The first-order chi connectivity index (χ1) is 8.07. The maximum absolute atomic E-state index is 11.6. The van der Waals surface area contributed by atoms with Gasteiger partial charge in [0.15, 0.2) is 0 Å². The molecule has 6 heteroatoms. The maximum atomic E-state index is 11.6. The predicted octanol–water partition coefficient (Wildman–Crippen LogP) is 1.51. The Kier molecular flexibility index (Phi) is 5.24. The molecular weight excluding hydrogens is 240 g/mol. The second-order valence-corrected chi connectivity index (χ2v) is 5.44. The smallest absolute Gasteiger partial charge is 0.232 e. The van der Waals surface area contributed by atoms with Crippen molar-refractivity contribution in [2.75, 3.05) is 36.6 Å². The van der Waals surface area contributed by atoms with E-state index in [1.54, 1.807) is 19.2 Å². The lowest BCUT2D eigenvalue weighted by molar-refractivity contribution is 0.199. The van der Waals surface area contributed by atoms with Crippen LogP contribution >= 0.6 is 0 Å². The molecule has 0 fully saturated rings. The van der Waals surface area contributed by atoms with E-state index in [1.807, 2.05) is 19.2 Å². The number of rotatable bonds is 7. The predicted molar refractivity (Wildman–Crippen MR) is 69.9 cm³/mol. The van der Waals surface area contributed by atoms with Gasteiger partial charge in [-0.15, -0.1) is 0 Å². The first-order valence-corrected chi connectivity index (χ1v) is 7.00. The van der Waals surface area contributed by atoms with Gasteiger partial charge in [0.05, 0.1) is 5.75 Å². The third kappa shape index (κ3) is 5.06. The third-order valence-corrected chi connectivity index (χ3v) is 3.58. The zero-order valence-corrected chi connectivity index (χ0v) is 10.9. The van der Waals surface area contributed by atoms with Crippen LogP contribution in [0.2, 0.25) is 0 Å². The van der Waals surface area contributed by atoms with Gasteiger partial charge in [-0.3, -0.25) is 4.72 Å². The molecule has 0 atom stereocenters. The van der Waals surface area contributed by atoms with Gasteiger partial charge in [0.1, 0.15) is 0 Å². The van der Waals surface area contributed by atoms with Gasteiger partial charge in [0.2, 0.25) is 10.0 Å². The summed E-state index contributed by atoms with van der Waals surface area (Å²) < 4.78 is 30.6. The molecule has 0 bridgehead atoms. The lowest BCUT2D eigenvalue weighted by atomic mass is 10.3. The van der Waals surface area contributed by atoms with E-state index >= 15 is 0 Å². The Balaban J connectivity index is 2.56. The van der Waals surface area contributed by atoms with E-state index in [-0.39, 0.29) is 5.75 Å². The minimum atomic E-state index is -3.28. The van der Waals surface area contributed by atoms with Crippen LogP contribution < -0.4 is 10.0 Å². The molecule has 0 aromatic heterocycles. The van der Waals surface area contributed by atoms with E-state index < -0.39 is 10.0 Å². The van der Waals surface area contributed by atoms with Crippen LogP contribution in [0, 0.1) is 0 Å². The Bertz CT molecular complexity index is 429. The number of sulfonamides is 1. The molecule has 0 saturated carbocycles. The average Bonchev–Trinajstić information content (AvgIpc) is 2.30. The van der Waals surface area contributed by atoms with Crippen LogP contribution in [-0.2, 0) is 14.8 Å². The molecule has 0 spiro atoms. The van der Waals surface area contributed by atoms with Crippen LogP contribution in [0.3, 0.4) is 0 Å². The second-order valence-electron chi connectivity index (χ2n) is 3.59. The molecule has 2 N–H and O–H groups in total. The number of ether oxygens (including phenoxy) is 1. The summed E-state index contributed by atoms with van der Waals surface area (Å²) in [6.45, 7) is 0.444. The van der Waals surface area contributed by atoms with Gasteiger partial charge >= 0.3 is 0 Å². The van der Waals surface area contributed by atoms with Gasteiger partial charge < -0.3 is 10.1 Å². The van der Waals surface area contributed by atoms with Gasteiger partial charge in [-0.2, -0.15) is 0 Å². The quantitative estimate of drug-likeness (QED) is 0.727. The highest BCUT2D eigenvalue weighted by molar-refractivity contribution is 7.92. The van der Waals surface area contributed by atoms with Crippen molar-refractivity contribution >= 4 is 21.4 Å². The molecule has 0 aliphatic carbocycles. The first kappa shape index (κ1) is 13.8. The van der Waals surface area contributed by atoms with Crippen LogP contribution in [0.5, 0.6) is 0 Å². The van der Waals surface area contributed by atoms with Crippen LogP contribution in [0.25, 0.3) is 0 Å². The van der Waals surface area contributed by atoms with Gasteiger partial charge in [-0.25, -0.2) is 8.42 Å². The van der Waals surface area contributed by atoms with Gasteiger partial charge in [0, 0.05) is 32.1 Å². The van der Waals surface area contributed by atoms with E-state index in [9.17, 15) is 8.42 Å². The van der Waals surface area contributed by atoms with E-state index in [4.69, 9.17) is 4.74 Å². The molecule has 1 aromatic carbocycles. The van der Waals surface area contributed by atoms with E-state index in [1.165, 1.54) is 0 Å². The Morgan fingerprint density at radius 3 is 2.29 bits per heavy atom. The minimum absolute atomic E-state index is 0.0641. The summed E-state index contributed by atoms with van der Waals surface area (Å²) in [5.74, 6) is 0.0641. The van der Waals surface area contributed by atoms with Crippen molar-refractivity contribution in [1.82, 2.24) is 0 Å². The van der Waals surface area contributed by atoms with Crippen molar-refractivity contribution in [3.05, 3.63) is 24.3 Å². The van der Waals surface area contributed by atoms with E-state index in [0.717, 1.165) is 5.69 Å². The second kappa shape index (κ2) is 6.46. The summed E-state index contributed by atoms with van der Waals surface area (Å²) >= 11 is 0. The number of anilines is 2. The van der Waals surface area contributed by atoms with Crippen molar-refractivity contribution in [2.24, 2.45) is 0 Å². The van der Waals surface area contributed by atoms with Gasteiger partial charge in [-0.1, -0.05) is 0 Å². The van der Waals surface area contributed by atoms with E-state index in [2.05, 4.69) is 10.0 Å². The van der Waals surface area contributed by atoms with Crippen molar-refractivity contribution in [3.63, 3.8) is 0 Å². The highest BCUT2D eigenvalue weighted by Crippen LogP contribution is 2.14. The standard InChI is InChI=1S/C11H18N2O3S/c1-12-10-4-6-11(7-5-10)13-17(14,15)9-3-8-16-2/h4-7,12-13H,3,8-9H2,1-2H3. The molecule has 0 unspecified atom stereocenters. The summed E-state index contributed by atoms with van der Waals surface area (Å²) in [4.78, 5) is 0. The van der Waals surface area contributed by atoms with Crippen LogP contribution in [0.4, 0.5) is 11.4 Å². The largest absolute Gasteiger partial charge is 0.388 e. The molecule has 0 radical (unpaired) electrons. The number of hydrogen-bond acceptors (Lipinski definition) is 4. The molecule has 17 heavy (non-hydrogen) atoms. The van der Waals surface area contributed by atoms with Crippen LogP contribution in [0.15, 0.2) is 24.3 Å². The Hall–Kier alpha value is -1.27. The summed E-state index contributed by atoms with van der Waals surface area (Å²) in [5, 5.41) is 2.97. The van der Waals surface area contributed by atoms with Gasteiger partial charge in [-0.05, 0) is 30.7 Å². The normalized spacial score (nSPS) is 11.2. The molecule has 1 rings (SSSR count). The minimum Gasteiger partial charge on any atom is -0.388 e. The fourth-order valence-corrected chi connectivity index (χ4v) is 2.42. The van der Waals surface area contributed by atoms with Crippen LogP contribution in [0.1, 0.15) is 6.42 Å². The molecule has 0 saturated heterocycles. The lowest BCUT2D eigenvalue weighted by Gasteiger charge is -2.08. The van der Waals surface area contributed by atoms with Crippen molar-refractivity contribution in [1.29, 1.82) is 0 Å². The zero-order valence-electron chi connectivity index (χ0n) is 10.1. The highest BCUT2D eigenvalue weighted by Gasteiger charge is 2.09. The molecular formula is C11H18N2O3S. The summed E-state index contributed by atoms with van der Waals surface area (Å²) in [6, 6.07) is 7.07. The first-order valence-electron chi connectivity index (χ1n) is 5.34. The number of nitrogens with one attached hydrogen (secondary N) is 2. The Morgan fingerprint density at radius 1 is 1.18 bits per heavy atom. The van der Waals surface area contributed by atoms with Crippen molar-refractivity contribution in [2.45, 2.75) is 6.42 Å². The monoisotopic (exact) mass is 258 g/mol. The molecule has 5 nitrogen and oxygen atoms in total. The maximum Gasteiger partial charge on any atom is 0.232 e. The fraction of sp³-hybridized carbons (Fsp3) is 0.455. The van der Waals surface area contributed by atoms with Crippen molar-refractivity contribution < 1.29 is 13.2 Å². The number of benzene rings is 1.